The third-order valence-electron chi connectivity index (χ3n) is 3.56. The third-order valence-corrected chi connectivity index (χ3v) is 5.49. The quantitative estimate of drug-likeness (QED) is 0.653. The fourth-order valence-corrected chi connectivity index (χ4v) is 4.23. The lowest BCUT2D eigenvalue weighted by Crippen LogP contribution is -2.17. The van der Waals surface area contributed by atoms with Crippen LogP contribution in [0.2, 0.25) is 5.02 Å². The third kappa shape index (κ3) is 2.51. The van der Waals surface area contributed by atoms with Crippen molar-refractivity contribution in [2.75, 3.05) is 0 Å². The molecule has 1 aliphatic rings. The van der Waals surface area contributed by atoms with E-state index in [1.807, 2.05) is 6.07 Å². The Morgan fingerprint density at radius 2 is 2.21 bits per heavy atom. The van der Waals surface area contributed by atoms with Gasteiger partial charge >= 0.3 is 0 Å². The van der Waals surface area contributed by atoms with Crippen LogP contribution in [0.1, 0.15) is 39.6 Å². The molecule has 4 heteroatoms. The highest BCUT2D eigenvalue weighted by molar-refractivity contribution is 9.10. The van der Waals surface area contributed by atoms with Gasteiger partial charge < -0.3 is 0 Å². The van der Waals surface area contributed by atoms with Gasteiger partial charge in [0.15, 0.2) is 5.78 Å². The predicted molar refractivity (Wildman–Crippen MR) is 83.5 cm³/mol. The number of benzene rings is 1. The number of fused-ring (bicyclic) bond motifs is 1. The van der Waals surface area contributed by atoms with Crippen molar-refractivity contribution in [3.05, 3.63) is 55.1 Å². The van der Waals surface area contributed by atoms with E-state index in [-0.39, 0.29) is 11.7 Å². The maximum Gasteiger partial charge on any atom is 0.171 e. The van der Waals surface area contributed by atoms with Crippen LogP contribution in [0.5, 0.6) is 0 Å². The maximum absolute atomic E-state index is 12.7. The number of carbonyl (C=O) groups is 1. The summed E-state index contributed by atoms with van der Waals surface area (Å²) in [6, 6.07) is 7.49. The molecular formula is C15H12BrClOS. The highest BCUT2D eigenvalue weighted by atomic mass is 79.9. The minimum Gasteiger partial charge on any atom is -0.293 e. The second-order valence-electron chi connectivity index (χ2n) is 4.73. The molecule has 0 fully saturated rings. The Morgan fingerprint density at radius 3 is 3.05 bits per heavy atom. The molecule has 1 aliphatic carbocycles. The van der Waals surface area contributed by atoms with Crippen molar-refractivity contribution in [3.8, 4) is 0 Å². The summed E-state index contributed by atoms with van der Waals surface area (Å²) < 4.78 is 0.823. The average molecular weight is 356 g/mol. The molecule has 0 bridgehead atoms. The van der Waals surface area contributed by atoms with Crippen LogP contribution in [-0.4, -0.2) is 5.78 Å². The SMILES string of the molecule is O=C(c1cc(Cl)ccc1Br)C1CCCc2sccc21. The molecule has 1 aromatic carbocycles. The van der Waals surface area contributed by atoms with Crippen LogP contribution in [0.25, 0.3) is 0 Å². The van der Waals surface area contributed by atoms with Gasteiger partial charge in [-0.15, -0.1) is 11.3 Å². The fraction of sp³-hybridized carbons (Fsp3) is 0.267. The summed E-state index contributed by atoms with van der Waals surface area (Å²) in [6.07, 6.45) is 3.12. The zero-order chi connectivity index (χ0) is 13.4. The van der Waals surface area contributed by atoms with Gasteiger partial charge in [-0.25, -0.2) is 0 Å². The second-order valence-corrected chi connectivity index (χ2v) is 7.02. The molecule has 1 unspecified atom stereocenters. The minimum absolute atomic E-state index is 0.00948. The van der Waals surface area contributed by atoms with Crippen LogP contribution in [0.4, 0.5) is 0 Å². The van der Waals surface area contributed by atoms with Crippen LogP contribution < -0.4 is 0 Å². The van der Waals surface area contributed by atoms with Crippen LogP contribution in [0, 0.1) is 0 Å². The molecule has 1 aromatic heterocycles. The Morgan fingerprint density at radius 1 is 1.37 bits per heavy atom. The standard InChI is InChI=1S/C15H12BrClOS/c16-13-5-4-9(17)8-12(13)15(18)11-2-1-3-14-10(11)6-7-19-14/h4-8,11H,1-3H2. The second kappa shape index (κ2) is 5.39. The lowest BCUT2D eigenvalue weighted by molar-refractivity contribution is 0.0950. The molecule has 1 heterocycles. The minimum atomic E-state index is -0.00948. The van der Waals surface area contributed by atoms with Crippen molar-refractivity contribution in [2.45, 2.75) is 25.2 Å². The van der Waals surface area contributed by atoms with Crippen molar-refractivity contribution < 1.29 is 4.79 Å². The fourth-order valence-electron chi connectivity index (χ4n) is 2.63. The number of rotatable bonds is 2. The first kappa shape index (κ1) is 13.3. The lowest BCUT2D eigenvalue weighted by Gasteiger charge is -2.22. The Labute approximate surface area is 129 Å². The summed E-state index contributed by atoms with van der Waals surface area (Å²) in [5.74, 6) is 0.165. The monoisotopic (exact) mass is 354 g/mol. The van der Waals surface area contributed by atoms with Gasteiger partial charge in [0.25, 0.3) is 0 Å². The van der Waals surface area contributed by atoms with Crippen molar-refractivity contribution in [1.82, 2.24) is 0 Å². The van der Waals surface area contributed by atoms with Gasteiger partial charge in [0.2, 0.25) is 0 Å². The van der Waals surface area contributed by atoms with E-state index < -0.39 is 0 Å². The number of aryl methyl sites for hydroxylation is 1. The number of carbonyl (C=O) groups excluding carboxylic acids is 1. The molecule has 0 N–H and O–H groups in total. The number of thiophene rings is 1. The summed E-state index contributed by atoms with van der Waals surface area (Å²) in [5.41, 5.74) is 1.91. The van der Waals surface area contributed by atoms with Gasteiger partial charge in [0, 0.05) is 25.9 Å². The van der Waals surface area contributed by atoms with Crippen molar-refractivity contribution in [1.29, 1.82) is 0 Å². The van der Waals surface area contributed by atoms with Gasteiger partial charge in [-0.2, -0.15) is 0 Å². The van der Waals surface area contributed by atoms with E-state index in [9.17, 15) is 4.79 Å². The Hall–Kier alpha value is -0.640. The van der Waals surface area contributed by atoms with Crippen LogP contribution in [0.3, 0.4) is 0 Å². The van der Waals surface area contributed by atoms with Gasteiger partial charge in [-0.1, -0.05) is 27.5 Å². The summed E-state index contributed by atoms with van der Waals surface area (Å²) in [6.45, 7) is 0. The van der Waals surface area contributed by atoms with Gasteiger partial charge in [-0.05, 0) is 54.5 Å². The molecule has 0 spiro atoms. The molecular weight excluding hydrogens is 344 g/mol. The van der Waals surface area contributed by atoms with Gasteiger partial charge in [0.05, 0.1) is 0 Å². The number of halogens is 2. The van der Waals surface area contributed by atoms with E-state index in [0.29, 0.717) is 10.6 Å². The maximum atomic E-state index is 12.7. The van der Waals surface area contributed by atoms with Crippen LogP contribution in [0.15, 0.2) is 34.1 Å². The predicted octanol–water partition coefficient (Wildman–Crippen LogP) is 5.47. The van der Waals surface area contributed by atoms with E-state index >= 15 is 0 Å². The highest BCUT2D eigenvalue weighted by Crippen LogP contribution is 2.38. The van der Waals surface area contributed by atoms with Gasteiger partial charge in [-0.3, -0.25) is 4.79 Å². The van der Waals surface area contributed by atoms with E-state index in [4.69, 9.17) is 11.6 Å². The number of hydrogen-bond acceptors (Lipinski definition) is 2. The summed E-state index contributed by atoms with van der Waals surface area (Å²) in [4.78, 5) is 14.1. The first-order valence-corrected chi connectivity index (χ1v) is 8.27. The molecule has 0 radical (unpaired) electrons. The molecule has 2 aromatic rings. The zero-order valence-electron chi connectivity index (χ0n) is 10.2. The topological polar surface area (TPSA) is 17.1 Å². The van der Waals surface area contributed by atoms with Crippen LogP contribution >= 0.6 is 38.9 Å². The first-order chi connectivity index (χ1) is 9.16. The molecule has 0 saturated heterocycles. The Bertz CT molecular complexity index is 635. The summed E-state index contributed by atoms with van der Waals surface area (Å²) in [5, 5.41) is 2.69. The molecule has 1 atom stereocenters. The molecule has 0 saturated carbocycles. The van der Waals surface area contributed by atoms with Crippen LogP contribution in [-0.2, 0) is 6.42 Å². The number of ketones is 1. The number of hydrogen-bond donors (Lipinski definition) is 0. The van der Waals surface area contributed by atoms with Crippen molar-refractivity contribution >= 4 is 44.7 Å². The first-order valence-electron chi connectivity index (χ1n) is 6.22. The lowest BCUT2D eigenvalue weighted by atomic mass is 9.82. The summed E-state index contributed by atoms with van der Waals surface area (Å²) in [7, 11) is 0. The summed E-state index contributed by atoms with van der Waals surface area (Å²) >= 11 is 11.2. The number of Topliss-reactive ketones (excluding diaryl/α,β-unsaturated/α-hetero) is 1. The van der Waals surface area contributed by atoms with Crippen molar-refractivity contribution in [2.24, 2.45) is 0 Å². The molecule has 1 nitrogen and oxygen atoms in total. The van der Waals surface area contributed by atoms with Gasteiger partial charge in [0.1, 0.15) is 0 Å². The molecule has 0 aliphatic heterocycles. The molecule has 19 heavy (non-hydrogen) atoms. The Balaban J connectivity index is 2.00. The van der Waals surface area contributed by atoms with Crippen molar-refractivity contribution in [3.63, 3.8) is 0 Å². The zero-order valence-corrected chi connectivity index (χ0v) is 13.3. The largest absolute Gasteiger partial charge is 0.293 e. The normalized spacial score (nSPS) is 18.1. The average Bonchev–Trinajstić information content (AvgIpc) is 2.89. The highest BCUT2D eigenvalue weighted by Gasteiger charge is 2.29. The molecule has 0 amide bonds. The smallest absolute Gasteiger partial charge is 0.171 e. The van der Waals surface area contributed by atoms with E-state index in [1.165, 1.54) is 10.4 Å². The van der Waals surface area contributed by atoms with E-state index in [0.717, 1.165) is 23.7 Å². The van der Waals surface area contributed by atoms with E-state index in [2.05, 4.69) is 27.4 Å². The Kier molecular flexibility index (Phi) is 3.79. The molecule has 98 valence electrons. The van der Waals surface area contributed by atoms with E-state index in [1.54, 1.807) is 23.5 Å². The molecule has 3 rings (SSSR count).